The fourth-order valence-electron chi connectivity index (χ4n) is 6.21. The smallest absolute Gasteiger partial charge is 0.462 e. The fraction of sp³-hybridized carbons (Fsp3) is 0.897. The molecule has 1 rings (SSSR count). The van der Waals surface area contributed by atoms with Gasteiger partial charge in [0.2, 0.25) is 0 Å². The number of aliphatic hydroxyl groups is 5. The second-order valence-electron chi connectivity index (χ2n) is 14.5. The van der Waals surface area contributed by atoms with Gasteiger partial charge in [0.05, 0.1) is 6.61 Å². The summed E-state index contributed by atoms with van der Waals surface area (Å²) in [6, 6.07) is 0. The third kappa shape index (κ3) is 24.0. The highest BCUT2D eigenvalue weighted by molar-refractivity contribution is 7.47. The predicted octanol–water partition coefficient (Wildman–Crippen LogP) is 6.72. The van der Waals surface area contributed by atoms with E-state index >= 15 is 0 Å². The summed E-state index contributed by atoms with van der Waals surface area (Å²) < 4.78 is 33.3. The number of carbonyl (C=O) groups is 2. The van der Waals surface area contributed by atoms with Crippen molar-refractivity contribution < 1.29 is 63.1 Å². The molecule has 6 N–H and O–H groups in total. The molecule has 8 atom stereocenters. The van der Waals surface area contributed by atoms with Crippen molar-refractivity contribution in [3.63, 3.8) is 0 Å². The van der Waals surface area contributed by atoms with Crippen molar-refractivity contribution in [1.82, 2.24) is 0 Å². The Kier molecular flexibility index (Phi) is 28.8. The van der Waals surface area contributed by atoms with Crippen LogP contribution in [0.4, 0.5) is 0 Å². The van der Waals surface area contributed by atoms with Gasteiger partial charge in [0.1, 0.15) is 43.2 Å². The molecule has 0 amide bonds. The van der Waals surface area contributed by atoms with Gasteiger partial charge in [-0.15, -0.1) is 0 Å². The Morgan fingerprint density at radius 3 is 1.49 bits per heavy atom. The van der Waals surface area contributed by atoms with E-state index in [4.69, 9.17) is 18.5 Å². The Bertz CT molecular complexity index is 996. The standard InChI is InChI=1S/C39H73O13P/c1-3-5-7-9-11-13-15-16-18-19-21-23-25-27-32(40)49-29-31(51-33(41)28-26-24-22-20-17-14-12-10-8-6-4-2)30-50-53(47,48)52-39-37(45)35(43)34(42)36(44)38(39)46/h10,12,31,34-39,42-46H,3-9,11,13-30H2,1-2H3,(H,47,48)/b12-10+/t31-,34?,35-,36?,37?,38?,39?/m1/s1. The number of hydrogen-bond acceptors (Lipinski definition) is 12. The molecule has 0 heterocycles. The van der Waals surface area contributed by atoms with E-state index in [1.54, 1.807) is 0 Å². The van der Waals surface area contributed by atoms with Crippen LogP contribution in [-0.4, -0.2) is 98.3 Å². The van der Waals surface area contributed by atoms with E-state index in [1.165, 1.54) is 70.6 Å². The molecule has 0 spiro atoms. The zero-order valence-corrected chi connectivity index (χ0v) is 33.5. The summed E-state index contributed by atoms with van der Waals surface area (Å²) in [7, 11) is -5.11. The summed E-state index contributed by atoms with van der Waals surface area (Å²) in [5, 5.41) is 49.9. The van der Waals surface area contributed by atoms with Crippen LogP contribution in [0, 0.1) is 0 Å². The molecule has 312 valence electrons. The lowest BCUT2D eigenvalue weighted by atomic mass is 9.85. The van der Waals surface area contributed by atoms with Crippen molar-refractivity contribution in [2.75, 3.05) is 13.2 Å². The predicted molar refractivity (Wildman–Crippen MR) is 203 cm³/mol. The molecular weight excluding hydrogens is 707 g/mol. The molecular formula is C39H73O13P. The highest BCUT2D eigenvalue weighted by atomic mass is 31.2. The molecule has 14 heteroatoms. The molecule has 6 unspecified atom stereocenters. The first-order chi connectivity index (χ1) is 25.4. The van der Waals surface area contributed by atoms with Gasteiger partial charge in [0, 0.05) is 12.8 Å². The van der Waals surface area contributed by atoms with Crippen LogP contribution in [0.25, 0.3) is 0 Å². The van der Waals surface area contributed by atoms with Gasteiger partial charge in [-0.25, -0.2) is 4.57 Å². The van der Waals surface area contributed by atoms with Crippen molar-refractivity contribution in [2.45, 2.75) is 211 Å². The van der Waals surface area contributed by atoms with E-state index in [0.29, 0.717) is 12.8 Å². The molecule has 0 aliphatic heterocycles. The summed E-state index contributed by atoms with van der Waals surface area (Å²) in [5.74, 6) is -1.11. The average molecular weight is 781 g/mol. The highest BCUT2D eigenvalue weighted by Gasteiger charge is 2.51. The summed E-state index contributed by atoms with van der Waals surface area (Å²) in [4.78, 5) is 35.5. The Hall–Kier alpha value is -1.41. The van der Waals surface area contributed by atoms with Gasteiger partial charge in [-0.1, -0.05) is 135 Å². The number of phosphoric acid groups is 1. The van der Waals surface area contributed by atoms with Gasteiger partial charge < -0.3 is 39.9 Å². The van der Waals surface area contributed by atoms with Crippen molar-refractivity contribution in [2.24, 2.45) is 0 Å². The Morgan fingerprint density at radius 1 is 0.566 bits per heavy atom. The minimum atomic E-state index is -5.11. The van der Waals surface area contributed by atoms with Gasteiger partial charge in [0.15, 0.2) is 6.10 Å². The van der Waals surface area contributed by atoms with E-state index in [0.717, 1.165) is 57.8 Å². The number of carbonyl (C=O) groups excluding carboxylic acids is 2. The topological polar surface area (TPSA) is 210 Å². The third-order valence-corrected chi connectivity index (χ3v) is 10.6. The zero-order valence-electron chi connectivity index (χ0n) is 32.6. The second-order valence-corrected chi connectivity index (χ2v) is 15.9. The van der Waals surface area contributed by atoms with Gasteiger partial charge in [-0.2, -0.15) is 0 Å². The molecule has 0 aromatic rings. The van der Waals surface area contributed by atoms with Crippen LogP contribution < -0.4 is 0 Å². The average Bonchev–Trinajstić information content (AvgIpc) is 3.13. The van der Waals surface area contributed by atoms with Gasteiger partial charge >= 0.3 is 19.8 Å². The molecule has 1 aliphatic carbocycles. The van der Waals surface area contributed by atoms with Crippen molar-refractivity contribution in [3.8, 4) is 0 Å². The summed E-state index contributed by atoms with van der Waals surface area (Å²) in [6.07, 6.45) is 15.7. The first-order valence-corrected chi connectivity index (χ1v) is 22.0. The monoisotopic (exact) mass is 780 g/mol. The van der Waals surface area contributed by atoms with E-state index in [1.807, 2.05) is 0 Å². The van der Waals surface area contributed by atoms with Gasteiger partial charge in [0.25, 0.3) is 0 Å². The Labute approximate surface area is 318 Å². The SMILES string of the molecule is CCCC/C=C/CCCCCCCC(=O)O[C@H](COC(=O)CCCCCCCCCCCCCCC)COP(=O)(O)OC1C(O)C(O)C(O)[C@@H](O)C1O. The summed E-state index contributed by atoms with van der Waals surface area (Å²) in [5.41, 5.74) is 0. The maximum Gasteiger partial charge on any atom is 0.472 e. The molecule has 53 heavy (non-hydrogen) atoms. The minimum absolute atomic E-state index is 0.0895. The lowest BCUT2D eigenvalue weighted by Crippen LogP contribution is -2.64. The Balaban J connectivity index is 2.52. The number of rotatable bonds is 33. The van der Waals surface area contributed by atoms with Crippen LogP contribution in [0.15, 0.2) is 12.2 Å². The second kappa shape index (κ2) is 30.8. The molecule has 0 radical (unpaired) electrons. The number of unbranched alkanes of at least 4 members (excludes halogenated alkanes) is 19. The fourth-order valence-corrected chi connectivity index (χ4v) is 7.18. The number of hydrogen-bond donors (Lipinski definition) is 6. The summed E-state index contributed by atoms with van der Waals surface area (Å²) >= 11 is 0. The van der Waals surface area contributed by atoms with Crippen LogP contribution in [0.5, 0.6) is 0 Å². The third-order valence-electron chi connectivity index (χ3n) is 9.61. The van der Waals surface area contributed by atoms with Crippen molar-refractivity contribution >= 4 is 19.8 Å². The van der Waals surface area contributed by atoms with Crippen LogP contribution in [0.1, 0.15) is 168 Å². The molecule has 0 aromatic heterocycles. The molecule has 0 aromatic carbocycles. The zero-order chi connectivity index (χ0) is 39.3. The number of aliphatic hydroxyl groups excluding tert-OH is 5. The lowest BCUT2D eigenvalue weighted by Gasteiger charge is -2.41. The number of esters is 2. The molecule has 1 fully saturated rings. The van der Waals surface area contributed by atoms with E-state index < -0.39 is 75.7 Å². The lowest BCUT2D eigenvalue weighted by molar-refractivity contribution is -0.220. The van der Waals surface area contributed by atoms with Crippen molar-refractivity contribution in [1.29, 1.82) is 0 Å². The van der Waals surface area contributed by atoms with Crippen LogP contribution in [-0.2, 0) is 32.7 Å². The maximum atomic E-state index is 12.7. The highest BCUT2D eigenvalue weighted by Crippen LogP contribution is 2.47. The Morgan fingerprint density at radius 2 is 0.981 bits per heavy atom. The van der Waals surface area contributed by atoms with Crippen LogP contribution >= 0.6 is 7.82 Å². The quantitative estimate of drug-likeness (QED) is 0.0177. The summed E-state index contributed by atoms with van der Waals surface area (Å²) in [6.45, 7) is 3.23. The normalized spacial score (nSPS) is 23.5. The number of allylic oxidation sites excluding steroid dienone is 2. The number of ether oxygens (including phenoxy) is 2. The number of phosphoric ester groups is 1. The molecule has 0 bridgehead atoms. The first-order valence-electron chi connectivity index (χ1n) is 20.5. The molecule has 0 saturated heterocycles. The van der Waals surface area contributed by atoms with Gasteiger partial charge in [-0.3, -0.25) is 18.6 Å². The molecule has 13 nitrogen and oxygen atoms in total. The maximum absolute atomic E-state index is 12.7. The minimum Gasteiger partial charge on any atom is -0.462 e. The van der Waals surface area contributed by atoms with E-state index in [9.17, 15) is 44.6 Å². The van der Waals surface area contributed by atoms with Gasteiger partial charge in [-0.05, 0) is 32.1 Å². The van der Waals surface area contributed by atoms with Crippen LogP contribution in [0.3, 0.4) is 0 Å². The first kappa shape index (κ1) is 49.6. The van der Waals surface area contributed by atoms with E-state index in [2.05, 4.69) is 26.0 Å². The van der Waals surface area contributed by atoms with E-state index in [-0.39, 0.29) is 12.8 Å². The van der Waals surface area contributed by atoms with Crippen LogP contribution in [0.2, 0.25) is 0 Å². The largest absolute Gasteiger partial charge is 0.472 e. The molecule has 1 aliphatic rings. The molecule has 1 saturated carbocycles. The van der Waals surface area contributed by atoms with Crippen molar-refractivity contribution in [3.05, 3.63) is 12.2 Å².